The minimum Gasteiger partial charge on any atom is -0.494 e. The number of nitrogens with one attached hydrogen (secondary N) is 1. The predicted molar refractivity (Wildman–Crippen MR) is 71.1 cm³/mol. The molecule has 0 aliphatic heterocycles. The molecule has 1 atom stereocenters. The van der Waals surface area contributed by atoms with Crippen LogP contribution in [0.15, 0.2) is 24.3 Å². The number of rotatable bonds is 7. The van der Waals surface area contributed by atoms with Gasteiger partial charge < -0.3 is 15.2 Å². The van der Waals surface area contributed by atoms with Crippen LogP contribution >= 0.6 is 0 Å². The highest BCUT2D eigenvalue weighted by molar-refractivity contribution is 5.79. The fourth-order valence-corrected chi connectivity index (χ4v) is 1.47. The first-order chi connectivity index (χ1) is 9.02. The van der Waals surface area contributed by atoms with Gasteiger partial charge in [-0.15, -0.1) is 0 Å². The Kier molecular flexibility index (Phi) is 5.85. The number of hydrogen-bond donors (Lipinski definition) is 2. The summed E-state index contributed by atoms with van der Waals surface area (Å²) in [6, 6.07) is 7.27. The van der Waals surface area contributed by atoms with E-state index in [1.54, 1.807) is 6.92 Å². The van der Waals surface area contributed by atoms with Crippen molar-refractivity contribution in [2.75, 3.05) is 13.2 Å². The first-order valence-corrected chi connectivity index (χ1v) is 6.24. The summed E-state index contributed by atoms with van der Waals surface area (Å²) < 4.78 is 5.31. The van der Waals surface area contributed by atoms with Gasteiger partial charge in [0.2, 0.25) is 5.91 Å². The zero-order valence-corrected chi connectivity index (χ0v) is 11.2. The van der Waals surface area contributed by atoms with E-state index >= 15 is 0 Å². The van der Waals surface area contributed by atoms with E-state index in [9.17, 15) is 9.59 Å². The van der Waals surface area contributed by atoms with Crippen molar-refractivity contribution in [2.24, 2.45) is 5.92 Å². The summed E-state index contributed by atoms with van der Waals surface area (Å²) in [6.07, 6.45) is 0.235. The molecule has 5 heteroatoms. The molecule has 0 aromatic heterocycles. The van der Waals surface area contributed by atoms with Crippen LogP contribution in [0, 0.1) is 5.92 Å². The van der Waals surface area contributed by atoms with Crippen LogP contribution in [0.5, 0.6) is 5.75 Å². The van der Waals surface area contributed by atoms with Crippen molar-refractivity contribution >= 4 is 11.9 Å². The molecule has 0 fully saturated rings. The maximum absolute atomic E-state index is 11.6. The minimum absolute atomic E-state index is 0.144. The molecule has 1 amide bonds. The van der Waals surface area contributed by atoms with Crippen molar-refractivity contribution in [3.8, 4) is 5.75 Å². The SMILES string of the molecule is CCOc1ccc(CC(=O)NCC(C)C(=O)O)cc1. The lowest BCUT2D eigenvalue weighted by molar-refractivity contribution is -0.141. The number of carbonyl (C=O) groups excluding carboxylic acids is 1. The summed E-state index contributed by atoms with van der Waals surface area (Å²) in [4.78, 5) is 22.2. The number of hydrogen-bond acceptors (Lipinski definition) is 3. The van der Waals surface area contributed by atoms with Gasteiger partial charge in [0, 0.05) is 6.54 Å². The van der Waals surface area contributed by atoms with Crippen molar-refractivity contribution in [2.45, 2.75) is 20.3 Å². The van der Waals surface area contributed by atoms with E-state index in [1.807, 2.05) is 31.2 Å². The Labute approximate surface area is 112 Å². The molecule has 5 nitrogen and oxygen atoms in total. The van der Waals surface area contributed by atoms with E-state index in [-0.39, 0.29) is 18.9 Å². The molecule has 0 bridgehead atoms. The third-order valence-corrected chi connectivity index (χ3v) is 2.63. The van der Waals surface area contributed by atoms with E-state index < -0.39 is 11.9 Å². The molecule has 19 heavy (non-hydrogen) atoms. The predicted octanol–water partition coefficient (Wildman–Crippen LogP) is 1.46. The van der Waals surface area contributed by atoms with Crippen LogP contribution in [0.3, 0.4) is 0 Å². The summed E-state index contributed by atoms with van der Waals surface area (Å²) >= 11 is 0. The van der Waals surface area contributed by atoms with Gasteiger partial charge in [0.15, 0.2) is 0 Å². The molecule has 0 spiro atoms. The summed E-state index contributed by atoms with van der Waals surface area (Å²) in [5, 5.41) is 11.3. The lowest BCUT2D eigenvalue weighted by Gasteiger charge is -2.09. The van der Waals surface area contributed by atoms with Crippen LogP contribution < -0.4 is 10.1 Å². The maximum atomic E-state index is 11.6. The second-order valence-corrected chi connectivity index (χ2v) is 4.30. The normalized spacial score (nSPS) is 11.7. The number of amides is 1. The zero-order chi connectivity index (χ0) is 14.3. The third kappa shape index (κ3) is 5.42. The van der Waals surface area contributed by atoms with Crippen molar-refractivity contribution < 1.29 is 19.4 Å². The quantitative estimate of drug-likeness (QED) is 0.782. The summed E-state index contributed by atoms with van der Waals surface area (Å²) in [5.41, 5.74) is 0.865. The summed E-state index contributed by atoms with van der Waals surface area (Å²) in [5.74, 6) is -0.908. The molecule has 104 valence electrons. The fourth-order valence-electron chi connectivity index (χ4n) is 1.47. The molecule has 0 saturated carbocycles. The second kappa shape index (κ2) is 7.41. The van der Waals surface area contributed by atoms with E-state index in [4.69, 9.17) is 9.84 Å². The van der Waals surface area contributed by atoms with Gasteiger partial charge in [0.25, 0.3) is 0 Å². The lowest BCUT2D eigenvalue weighted by Crippen LogP contribution is -2.32. The van der Waals surface area contributed by atoms with Gasteiger partial charge in [-0.05, 0) is 24.6 Å². The van der Waals surface area contributed by atoms with Crippen molar-refractivity contribution in [3.05, 3.63) is 29.8 Å². The van der Waals surface area contributed by atoms with Crippen molar-refractivity contribution in [1.82, 2.24) is 5.32 Å². The molecule has 1 rings (SSSR count). The van der Waals surface area contributed by atoms with E-state index in [1.165, 1.54) is 0 Å². The molecular weight excluding hydrogens is 246 g/mol. The van der Waals surface area contributed by atoms with Crippen LogP contribution in [-0.2, 0) is 16.0 Å². The molecule has 0 radical (unpaired) electrons. The highest BCUT2D eigenvalue weighted by atomic mass is 16.5. The van der Waals surface area contributed by atoms with Gasteiger partial charge in [-0.25, -0.2) is 0 Å². The topological polar surface area (TPSA) is 75.6 Å². The van der Waals surface area contributed by atoms with Gasteiger partial charge in [-0.1, -0.05) is 19.1 Å². The van der Waals surface area contributed by atoms with Gasteiger partial charge in [-0.2, -0.15) is 0 Å². The highest BCUT2D eigenvalue weighted by Gasteiger charge is 2.12. The smallest absolute Gasteiger partial charge is 0.308 e. The van der Waals surface area contributed by atoms with E-state index in [0.29, 0.717) is 6.61 Å². The van der Waals surface area contributed by atoms with Crippen LogP contribution in [0.25, 0.3) is 0 Å². The highest BCUT2D eigenvalue weighted by Crippen LogP contribution is 2.12. The number of carbonyl (C=O) groups is 2. The molecule has 0 aliphatic carbocycles. The molecule has 2 N–H and O–H groups in total. The Morgan fingerprint density at radius 2 is 1.95 bits per heavy atom. The monoisotopic (exact) mass is 265 g/mol. The van der Waals surface area contributed by atoms with E-state index in [0.717, 1.165) is 11.3 Å². The first-order valence-electron chi connectivity index (χ1n) is 6.24. The van der Waals surface area contributed by atoms with Crippen LogP contribution in [0.1, 0.15) is 19.4 Å². The number of ether oxygens (including phenoxy) is 1. The molecular formula is C14H19NO4. The van der Waals surface area contributed by atoms with Gasteiger partial charge >= 0.3 is 5.97 Å². The van der Waals surface area contributed by atoms with Gasteiger partial charge in [0.1, 0.15) is 5.75 Å². The molecule has 1 aromatic rings. The van der Waals surface area contributed by atoms with Gasteiger partial charge in [-0.3, -0.25) is 9.59 Å². The average Bonchev–Trinajstić information content (AvgIpc) is 2.38. The van der Waals surface area contributed by atoms with Crippen LogP contribution in [-0.4, -0.2) is 30.1 Å². The lowest BCUT2D eigenvalue weighted by atomic mass is 10.1. The molecule has 0 heterocycles. The number of benzene rings is 1. The second-order valence-electron chi connectivity index (χ2n) is 4.30. The third-order valence-electron chi connectivity index (χ3n) is 2.63. The fraction of sp³-hybridized carbons (Fsp3) is 0.429. The van der Waals surface area contributed by atoms with Gasteiger partial charge in [0.05, 0.1) is 18.9 Å². The minimum atomic E-state index is -0.915. The Morgan fingerprint density at radius 3 is 2.47 bits per heavy atom. The number of carboxylic acid groups (broad SMARTS) is 1. The summed E-state index contributed by atoms with van der Waals surface area (Å²) in [6.45, 7) is 4.21. The average molecular weight is 265 g/mol. The standard InChI is InChI=1S/C14H19NO4/c1-3-19-12-6-4-11(5-7-12)8-13(16)15-9-10(2)14(17)18/h4-7,10H,3,8-9H2,1-2H3,(H,15,16)(H,17,18). The molecule has 1 unspecified atom stereocenters. The first kappa shape index (κ1) is 15.0. The zero-order valence-electron chi connectivity index (χ0n) is 11.2. The van der Waals surface area contributed by atoms with E-state index in [2.05, 4.69) is 5.32 Å². The molecule has 0 aliphatic rings. The maximum Gasteiger partial charge on any atom is 0.308 e. The van der Waals surface area contributed by atoms with Crippen molar-refractivity contribution in [3.63, 3.8) is 0 Å². The number of carboxylic acids is 1. The Hall–Kier alpha value is -2.04. The Bertz CT molecular complexity index is 428. The molecule has 1 aromatic carbocycles. The van der Waals surface area contributed by atoms with Crippen LogP contribution in [0.4, 0.5) is 0 Å². The Balaban J connectivity index is 2.41. The Morgan fingerprint density at radius 1 is 1.32 bits per heavy atom. The largest absolute Gasteiger partial charge is 0.494 e. The summed E-state index contributed by atoms with van der Waals surface area (Å²) in [7, 11) is 0. The van der Waals surface area contributed by atoms with Crippen LogP contribution in [0.2, 0.25) is 0 Å². The number of aliphatic carboxylic acids is 1. The molecule has 0 saturated heterocycles. The van der Waals surface area contributed by atoms with Crippen molar-refractivity contribution in [1.29, 1.82) is 0 Å².